The Balaban J connectivity index is 2.19. The Labute approximate surface area is 102 Å². The molecule has 1 amide bonds. The van der Waals surface area contributed by atoms with E-state index in [1.165, 1.54) is 23.5 Å². The van der Waals surface area contributed by atoms with Gasteiger partial charge in [-0.3, -0.25) is 4.79 Å². The van der Waals surface area contributed by atoms with Gasteiger partial charge in [0.1, 0.15) is 5.82 Å². The second kappa shape index (κ2) is 4.55. The lowest BCUT2D eigenvalue weighted by atomic mass is 10.2. The Hall–Kier alpha value is -1.88. The molecule has 0 saturated heterocycles. The number of carbonyl (C=O) groups is 1. The largest absolute Gasteiger partial charge is 0.396 e. The monoisotopic (exact) mass is 250 g/mol. The number of hydrogen-bond donors (Lipinski definition) is 2. The molecule has 0 aliphatic rings. The second-order valence-electron chi connectivity index (χ2n) is 3.66. The number of halogens is 1. The van der Waals surface area contributed by atoms with Crippen LogP contribution < -0.4 is 11.1 Å². The number of hydrogen-bond acceptors (Lipinski definition) is 3. The maximum absolute atomic E-state index is 13.2. The Morgan fingerprint density at radius 3 is 2.76 bits per heavy atom. The number of rotatable bonds is 2. The van der Waals surface area contributed by atoms with E-state index in [0.717, 1.165) is 5.56 Å². The van der Waals surface area contributed by atoms with Crippen molar-refractivity contribution in [1.29, 1.82) is 0 Å². The number of amides is 1. The van der Waals surface area contributed by atoms with Gasteiger partial charge in [-0.15, -0.1) is 0 Å². The van der Waals surface area contributed by atoms with Crippen molar-refractivity contribution < 1.29 is 9.18 Å². The predicted octanol–water partition coefficient (Wildman–Crippen LogP) is 3.03. The highest BCUT2D eigenvalue weighted by Gasteiger charge is 2.10. The van der Waals surface area contributed by atoms with Gasteiger partial charge in [-0.25, -0.2) is 4.39 Å². The van der Waals surface area contributed by atoms with Crippen LogP contribution in [-0.2, 0) is 0 Å². The lowest BCUT2D eigenvalue weighted by Gasteiger charge is -2.05. The number of carbonyl (C=O) groups excluding carboxylic acids is 1. The summed E-state index contributed by atoms with van der Waals surface area (Å²) in [6, 6.07) is 4.19. The minimum absolute atomic E-state index is 0.0645. The lowest BCUT2D eigenvalue weighted by Crippen LogP contribution is -2.12. The minimum Gasteiger partial charge on any atom is -0.396 e. The lowest BCUT2D eigenvalue weighted by molar-refractivity contribution is 0.102. The van der Waals surface area contributed by atoms with Gasteiger partial charge in [0.15, 0.2) is 0 Å². The van der Waals surface area contributed by atoms with Crippen molar-refractivity contribution >= 4 is 28.6 Å². The molecule has 2 aromatic rings. The molecule has 5 heteroatoms. The predicted molar refractivity (Wildman–Crippen MR) is 67.8 cm³/mol. The van der Waals surface area contributed by atoms with Gasteiger partial charge in [-0.05, 0) is 36.1 Å². The molecular formula is C12H11FN2OS. The Kier molecular flexibility index (Phi) is 3.10. The summed E-state index contributed by atoms with van der Waals surface area (Å²) in [5.41, 5.74) is 7.32. The third-order valence-electron chi connectivity index (χ3n) is 2.36. The smallest absolute Gasteiger partial charge is 0.256 e. The van der Waals surface area contributed by atoms with Crippen LogP contribution in [0.1, 0.15) is 15.9 Å². The third-order valence-corrected chi connectivity index (χ3v) is 3.22. The van der Waals surface area contributed by atoms with E-state index in [9.17, 15) is 9.18 Å². The topological polar surface area (TPSA) is 55.1 Å². The van der Waals surface area contributed by atoms with Crippen LogP contribution >= 0.6 is 11.3 Å². The van der Waals surface area contributed by atoms with Crippen molar-refractivity contribution in [1.82, 2.24) is 0 Å². The average molecular weight is 250 g/mol. The van der Waals surface area contributed by atoms with Crippen LogP contribution in [0.5, 0.6) is 0 Å². The molecule has 0 fully saturated rings. The number of nitrogen functional groups attached to an aromatic ring is 1. The van der Waals surface area contributed by atoms with Crippen LogP contribution in [0.15, 0.2) is 29.0 Å². The maximum Gasteiger partial charge on any atom is 0.256 e. The normalized spacial score (nSPS) is 10.2. The van der Waals surface area contributed by atoms with Gasteiger partial charge >= 0.3 is 0 Å². The highest BCUT2D eigenvalue weighted by Crippen LogP contribution is 2.19. The van der Waals surface area contributed by atoms with Crippen molar-refractivity contribution in [2.45, 2.75) is 6.92 Å². The molecule has 0 unspecified atom stereocenters. The molecule has 1 heterocycles. The van der Waals surface area contributed by atoms with E-state index >= 15 is 0 Å². The van der Waals surface area contributed by atoms with Crippen molar-refractivity contribution in [2.24, 2.45) is 0 Å². The fourth-order valence-corrected chi connectivity index (χ4v) is 2.22. The molecule has 1 aromatic carbocycles. The summed E-state index contributed by atoms with van der Waals surface area (Å²) in [6.07, 6.45) is 0. The quantitative estimate of drug-likeness (QED) is 0.805. The summed E-state index contributed by atoms with van der Waals surface area (Å²) in [6.45, 7) is 1.86. The van der Waals surface area contributed by atoms with E-state index in [2.05, 4.69) is 5.32 Å². The Morgan fingerprint density at radius 1 is 1.41 bits per heavy atom. The zero-order chi connectivity index (χ0) is 12.4. The molecule has 2 rings (SSSR count). The number of nitrogens with two attached hydrogens (primary N) is 1. The zero-order valence-electron chi connectivity index (χ0n) is 9.16. The Bertz CT molecular complexity index is 565. The van der Waals surface area contributed by atoms with Gasteiger partial charge in [0.05, 0.1) is 11.3 Å². The highest BCUT2D eigenvalue weighted by atomic mass is 32.1. The van der Waals surface area contributed by atoms with Crippen molar-refractivity contribution in [3.8, 4) is 0 Å². The van der Waals surface area contributed by atoms with E-state index in [1.807, 2.05) is 12.3 Å². The van der Waals surface area contributed by atoms with Gasteiger partial charge < -0.3 is 11.1 Å². The molecule has 0 bridgehead atoms. The first-order valence-corrected chi connectivity index (χ1v) is 5.91. The second-order valence-corrected chi connectivity index (χ2v) is 4.40. The summed E-state index contributed by atoms with van der Waals surface area (Å²) in [4.78, 5) is 11.8. The number of benzene rings is 1. The fraction of sp³-hybridized carbons (Fsp3) is 0.0833. The van der Waals surface area contributed by atoms with E-state index < -0.39 is 5.82 Å². The molecule has 1 aromatic heterocycles. The van der Waals surface area contributed by atoms with Crippen LogP contribution in [-0.4, -0.2) is 5.91 Å². The summed E-state index contributed by atoms with van der Waals surface area (Å²) in [5, 5.41) is 6.27. The van der Waals surface area contributed by atoms with Crippen molar-refractivity contribution in [2.75, 3.05) is 11.1 Å². The van der Waals surface area contributed by atoms with Gasteiger partial charge in [0, 0.05) is 11.1 Å². The first-order chi connectivity index (χ1) is 8.08. The molecule has 0 spiro atoms. The Morgan fingerprint density at radius 2 is 2.18 bits per heavy atom. The molecule has 3 nitrogen and oxygen atoms in total. The molecule has 0 aliphatic heterocycles. The molecule has 3 N–H and O–H groups in total. The van der Waals surface area contributed by atoms with Crippen molar-refractivity contribution in [3.63, 3.8) is 0 Å². The van der Waals surface area contributed by atoms with Crippen LogP contribution in [0, 0.1) is 12.7 Å². The van der Waals surface area contributed by atoms with E-state index in [1.54, 1.807) is 11.4 Å². The summed E-state index contributed by atoms with van der Waals surface area (Å²) in [5.74, 6) is -0.780. The van der Waals surface area contributed by atoms with E-state index in [0.29, 0.717) is 11.3 Å². The van der Waals surface area contributed by atoms with Gasteiger partial charge in [-0.1, -0.05) is 0 Å². The standard InChI is InChI=1S/C12H11FN2OS/c1-7-5-17-6-9(7)12(16)15-8-2-3-11(14)10(13)4-8/h2-6H,14H2,1H3,(H,15,16). The molecule has 17 heavy (non-hydrogen) atoms. The third kappa shape index (κ3) is 2.45. The molecule has 0 saturated carbocycles. The first kappa shape index (κ1) is 11.6. The number of aryl methyl sites for hydroxylation is 1. The zero-order valence-corrected chi connectivity index (χ0v) is 9.98. The SMILES string of the molecule is Cc1cscc1C(=O)Nc1ccc(N)c(F)c1. The summed E-state index contributed by atoms with van der Waals surface area (Å²) in [7, 11) is 0. The molecule has 0 atom stereocenters. The summed E-state index contributed by atoms with van der Waals surface area (Å²) < 4.78 is 13.2. The average Bonchev–Trinajstić information content (AvgIpc) is 2.70. The van der Waals surface area contributed by atoms with Crippen molar-refractivity contribution in [3.05, 3.63) is 45.9 Å². The number of nitrogens with one attached hydrogen (secondary N) is 1. The van der Waals surface area contributed by atoms with Crippen LogP contribution in [0.4, 0.5) is 15.8 Å². The van der Waals surface area contributed by atoms with Crippen LogP contribution in [0.3, 0.4) is 0 Å². The van der Waals surface area contributed by atoms with Crippen LogP contribution in [0.25, 0.3) is 0 Å². The minimum atomic E-state index is -0.537. The van der Waals surface area contributed by atoms with Gasteiger partial charge in [0.2, 0.25) is 0 Å². The van der Waals surface area contributed by atoms with Crippen LogP contribution in [0.2, 0.25) is 0 Å². The number of thiophene rings is 1. The number of anilines is 2. The van der Waals surface area contributed by atoms with E-state index in [4.69, 9.17) is 5.73 Å². The maximum atomic E-state index is 13.2. The summed E-state index contributed by atoms with van der Waals surface area (Å²) >= 11 is 1.46. The fourth-order valence-electron chi connectivity index (χ4n) is 1.40. The highest BCUT2D eigenvalue weighted by molar-refractivity contribution is 7.08. The molecule has 0 radical (unpaired) electrons. The van der Waals surface area contributed by atoms with E-state index in [-0.39, 0.29) is 11.6 Å². The van der Waals surface area contributed by atoms with Gasteiger partial charge in [0.25, 0.3) is 5.91 Å². The molecular weight excluding hydrogens is 239 g/mol. The molecule has 88 valence electrons. The first-order valence-electron chi connectivity index (χ1n) is 4.97. The van der Waals surface area contributed by atoms with Gasteiger partial charge in [-0.2, -0.15) is 11.3 Å². The molecule has 0 aliphatic carbocycles.